The predicted octanol–water partition coefficient (Wildman–Crippen LogP) is 8.81. The summed E-state index contributed by atoms with van der Waals surface area (Å²) in [7, 11) is 2.17. The highest BCUT2D eigenvalue weighted by molar-refractivity contribution is 5.59. The highest BCUT2D eigenvalue weighted by Gasteiger charge is 2.22. The van der Waals surface area contributed by atoms with Gasteiger partial charge >= 0.3 is 0 Å². The molecule has 0 aliphatic heterocycles. The van der Waals surface area contributed by atoms with E-state index in [1.807, 2.05) is 0 Å². The Morgan fingerprint density at radius 3 is 1.43 bits per heavy atom. The van der Waals surface area contributed by atoms with Gasteiger partial charge in [-0.25, -0.2) is 0 Å². The van der Waals surface area contributed by atoms with Crippen LogP contribution in [0.2, 0.25) is 0 Å². The van der Waals surface area contributed by atoms with Crippen molar-refractivity contribution in [3.8, 4) is 0 Å². The molecule has 0 amide bonds. The summed E-state index contributed by atoms with van der Waals surface area (Å²) in [5, 5.41) is 0. The zero-order valence-corrected chi connectivity index (χ0v) is 25.6. The Morgan fingerprint density at radius 1 is 0.550 bits per heavy atom. The van der Waals surface area contributed by atoms with Gasteiger partial charge in [-0.15, -0.1) is 0 Å². The van der Waals surface area contributed by atoms with Gasteiger partial charge in [-0.05, 0) is 111 Å². The molecule has 0 spiro atoms. The van der Waals surface area contributed by atoms with Crippen LogP contribution in [0.3, 0.4) is 0 Å². The molecule has 3 nitrogen and oxygen atoms in total. The molecule has 40 heavy (non-hydrogen) atoms. The molecule has 0 saturated carbocycles. The van der Waals surface area contributed by atoms with Crippen molar-refractivity contribution in [3.63, 3.8) is 0 Å². The topological polar surface area (TPSA) is 9.72 Å². The van der Waals surface area contributed by atoms with Gasteiger partial charge in [0.05, 0.1) is 0 Å². The number of benzene rings is 4. The lowest BCUT2D eigenvalue weighted by molar-refractivity contribution is 0.859. The molecule has 4 rings (SSSR count). The van der Waals surface area contributed by atoms with Gasteiger partial charge in [0, 0.05) is 62.8 Å². The molecule has 0 aliphatic rings. The van der Waals surface area contributed by atoms with Gasteiger partial charge in [0.2, 0.25) is 0 Å². The average molecular weight is 534 g/mol. The van der Waals surface area contributed by atoms with E-state index in [4.69, 9.17) is 0 Å². The smallest absolute Gasteiger partial charge is 0.0426 e. The predicted molar refractivity (Wildman–Crippen MR) is 175 cm³/mol. The largest absolute Gasteiger partial charge is 0.372 e. The van der Waals surface area contributed by atoms with Crippen molar-refractivity contribution in [2.45, 2.75) is 54.0 Å². The van der Waals surface area contributed by atoms with Gasteiger partial charge < -0.3 is 14.7 Å². The first-order valence-electron chi connectivity index (χ1n) is 15.0. The summed E-state index contributed by atoms with van der Waals surface area (Å²) >= 11 is 0. The Balaban J connectivity index is 1.75. The summed E-state index contributed by atoms with van der Waals surface area (Å²) in [5.41, 5.74) is 11.9. The van der Waals surface area contributed by atoms with Gasteiger partial charge in [-0.2, -0.15) is 0 Å². The third kappa shape index (κ3) is 6.53. The zero-order chi connectivity index (χ0) is 28.6. The van der Waals surface area contributed by atoms with E-state index in [9.17, 15) is 0 Å². The van der Waals surface area contributed by atoms with Crippen LogP contribution in [-0.4, -0.2) is 33.2 Å². The minimum absolute atomic E-state index is 0.171. The molecule has 0 bridgehead atoms. The van der Waals surface area contributed by atoms with E-state index < -0.39 is 0 Å². The Hall–Kier alpha value is -3.72. The maximum atomic E-state index is 2.42. The fraction of sp³-hybridized carbons (Fsp3) is 0.351. The van der Waals surface area contributed by atoms with Gasteiger partial charge in [-0.3, -0.25) is 0 Å². The average Bonchev–Trinajstić information content (AvgIpc) is 2.97. The van der Waals surface area contributed by atoms with Crippen molar-refractivity contribution < 1.29 is 0 Å². The molecule has 4 aromatic carbocycles. The molecule has 0 saturated heterocycles. The normalized spacial score (nSPS) is 11.1. The Bertz CT molecular complexity index is 1290. The molecule has 0 aromatic heterocycles. The molecule has 0 radical (unpaired) electrons. The molecule has 0 fully saturated rings. The van der Waals surface area contributed by atoms with E-state index in [1.54, 1.807) is 0 Å². The van der Waals surface area contributed by atoms with Crippen LogP contribution < -0.4 is 14.7 Å². The van der Waals surface area contributed by atoms with Crippen LogP contribution in [0.4, 0.5) is 17.1 Å². The zero-order valence-electron chi connectivity index (χ0n) is 25.6. The van der Waals surface area contributed by atoms with E-state index in [0.717, 1.165) is 32.7 Å². The SMILES string of the molecule is CCN(CC)c1ccc(C(c2ccc(N(C)Cc3ccccc3)cc2)c2ccc(N(CC)CC)cc2C)c(C)c1. The molecule has 210 valence electrons. The maximum Gasteiger partial charge on any atom is 0.0426 e. The number of rotatable bonds is 12. The van der Waals surface area contributed by atoms with Crippen LogP contribution in [-0.2, 0) is 6.54 Å². The molecular formula is C37H47N3. The summed E-state index contributed by atoms with van der Waals surface area (Å²) in [6.45, 7) is 18.4. The number of hydrogen-bond donors (Lipinski definition) is 0. The Labute approximate surface area is 243 Å². The van der Waals surface area contributed by atoms with Gasteiger partial charge in [0.25, 0.3) is 0 Å². The quantitative estimate of drug-likeness (QED) is 0.168. The summed E-state index contributed by atoms with van der Waals surface area (Å²) in [5.74, 6) is 0.171. The first kappa shape index (κ1) is 29.3. The number of aryl methyl sites for hydroxylation is 2. The molecule has 0 unspecified atom stereocenters. The molecule has 0 heterocycles. The van der Waals surface area contributed by atoms with Crippen molar-refractivity contribution in [2.24, 2.45) is 0 Å². The van der Waals surface area contributed by atoms with E-state index in [0.29, 0.717) is 0 Å². The van der Waals surface area contributed by atoms with Crippen LogP contribution in [0, 0.1) is 13.8 Å². The van der Waals surface area contributed by atoms with Gasteiger partial charge in [-0.1, -0.05) is 54.6 Å². The number of hydrogen-bond acceptors (Lipinski definition) is 3. The Kier molecular flexibility index (Phi) is 9.93. The summed E-state index contributed by atoms with van der Waals surface area (Å²) in [6, 6.07) is 34.0. The standard InChI is InChI=1S/C37H47N3/c1-8-39(9-2)33-21-23-35(28(5)25-33)37(36-24-22-34(26-29(36)6)40(10-3)11-4)31-17-19-32(20-18-31)38(7)27-30-15-13-12-14-16-30/h12-26,37H,8-11,27H2,1-7H3. The van der Waals surface area contributed by atoms with Gasteiger partial charge in [0.15, 0.2) is 0 Å². The van der Waals surface area contributed by atoms with Crippen molar-refractivity contribution in [3.05, 3.63) is 124 Å². The van der Waals surface area contributed by atoms with E-state index in [1.165, 1.54) is 50.4 Å². The third-order valence-corrected chi connectivity index (χ3v) is 8.32. The maximum absolute atomic E-state index is 2.42. The van der Waals surface area contributed by atoms with Crippen LogP contribution in [0.5, 0.6) is 0 Å². The van der Waals surface area contributed by atoms with Gasteiger partial charge in [0.1, 0.15) is 0 Å². The minimum atomic E-state index is 0.171. The van der Waals surface area contributed by atoms with E-state index in [-0.39, 0.29) is 5.92 Å². The monoisotopic (exact) mass is 533 g/mol. The molecule has 3 heteroatoms. The summed E-state index contributed by atoms with van der Waals surface area (Å²) in [6.07, 6.45) is 0. The highest BCUT2D eigenvalue weighted by atomic mass is 15.1. The van der Waals surface area contributed by atoms with Crippen LogP contribution in [0.1, 0.15) is 67.0 Å². The molecule has 4 aromatic rings. The lowest BCUT2D eigenvalue weighted by Crippen LogP contribution is -2.22. The minimum Gasteiger partial charge on any atom is -0.372 e. The van der Waals surface area contributed by atoms with Crippen LogP contribution in [0.15, 0.2) is 91.0 Å². The number of nitrogens with zero attached hydrogens (tertiary/aromatic N) is 3. The Morgan fingerprint density at radius 2 is 1.00 bits per heavy atom. The second-order valence-electron chi connectivity index (χ2n) is 10.8. The van der Waals surface area contributed by atoms with Crippen molar-refractivity contribution in [1.82, 2.24) is 0 Å². The first-order chi connectivity index (χ1) is 19.4. The third-order valence-electron chi connectivity index (χ3n) is 8.32. The molecule has 0 aliphatic carbocycles. The molecule has 0 atom stereocenters. The second kappa shape index (κ2) is 13.6. The highest BCUT2D eigenvalue weighted by Crippen LogP contribution is 2.38. The molecule has 0 N–H and O–H groups in total. The number of anilines is 3. The summed E-state index contributed by atoms with van der Waals surface area (Å²) < 4.78 is 0. The van der Waals surface area contributed by atoms with E-state index >= 15 is 0 Å². The lowest BCUT2D eigenvalue weighted by Gasteiger charge is -2.28. The summed E-state index contributed by atoms with van der Waals surface area (Å²) in [4.78, 5) is 7.17. The lowest BCUT2D eigenvalue weighted by atomic mass is 9.81. The molecular weight excluding hydrogens is 486 g/mol. The van der Waals surface area contributed by atoms with Crippen LogP contribution in [0.25, 0.3) is 0 Å². The fourth-order valence-electron chi connectivity index (χ4n) is 5.93. The van der Waals surface area contributed by atoms with E-state index in [2.05, 4.69) is 154 Å². The first-order valence-corrected chi connectivity index (χ1v) is 15.0. The van der Waals surface area contributed by atoms with Crippen LogP contribution >= 0.6 is 0 Å². The van der Waals surface area contributed by atoms with Crippen molar-refractivity contribution >= 4 is 17.1 Å². The fourth-order valence-corrected chi connectivity index (χ4v) is 5.93. The second-order valence-corrected chi connectivity index (χ2v) is 10.8. The van der Waals surface area contributed by atoms with Crippen molar-refractivity contribution in [1.29, 1.82) is 0 Å². The van der Waals surface area contributed by atoms with Crippen molar-refractivity contribution in [2.75, 3.05) is 47.9 Å².